The fourth-order valence-electron chi connectivity index (χ4n) is 3.53. The zero-order valence-electron chi connectivity index (χ0n) is 16.3. The Morgan fingerprint density at radius 1 is 1.07 bits per heavy atom. The molecular weight excluding hydrogens is 368 g/mol. The van der Waals surface area contributed by atoms with Crippen LogP contribution in [0, 0.1) is 0 Å². The van der Waals surface area contributed by atoms with Crippen molar-refractivity contribution in [3.8, 4) is 0 Å². The lowest BCUT2D eigenvalue weighted by Crippen LogP contribution is -2.41. The van der Waals surface area contributed by atoms with Gasteiger partial charge in [-0.2, -0.15) is 0 Å². The van der Waals surface area contributed by atoms with E-state index in [1.165, 1.54) is 0 Å². The van der Waals surface area contributed by atoms with E-state index in [9.17, 15) is 9.59 Å². The van der Waals surface area contributed by atoms with Crippen LogP contribution < -0.4 is 10.6 Å². The Labute approximate surface area is 169 Å². The van der Waals surface area contributed by atoms with E-state index in [4.69, 9.17) is 0 Å². The molecule has 1 aliphatic rings. The molecule has 0 unspecified atom stereocenters. The van der Waals surface area contributed by atoms with Crippen LogP contribution in [0.2, 0.25) is 0 Å². The normalized spacial score (nSPS) is 16.8. The molecule has 2 aromatic heterocycles. The molecule has 8 heteroatoms. The quantitative estimate of drug-likeness (QED) is 0.661. The van der Waals surface area contributed by atoms with Gasteiger partial charge >= 0.3 is 0 Å². The number of likely N-dealkylation sites (tertiary alicyclic amines) is 1. The van der Waals surface area contributed by atoms with Crippen LogP contribution >= 0.6 is 0 Å². The number of aromatic nitrogens is 3. The van der Waals surface area contributed by atoms with Crippen molar-refractivity contribution in [2.24, 2.45) is 0 Å². The van der Waals surface area contributed by atoms with E-state index in [-0.39, 0.29) is 17.9 Å². The minimum Gasteiger partial charge on any atom is -0.351 e. The number of hydrogen-bond donors (Lipinski definition) is 2. The molecule has 8 nitrogen and oxygen atoms in total. The summed E-state index contributed by atoms with van der Waals surface area (Å²) >= 11 is 0. The predicted molar refractivity (Wildman–Crippen MR) is 108 cm³/mol. The molecule has 1 aromatic carbocycles. The van der Waals surface area contributed by atoms with Crippen molar-refractivity contribution in [2.45, 2.75) is 32.0 Å². The largest absolute Gasteiger partial charge is 0.351 e. The number of amides is 2. The number of likely N-dealkylation sites (N-methyl/N-ethyl adjacent to an activating group) is 1. The van der Waals surface area contributed by atoms with Gasteiger partial charge in [-0.15, -0.1) is 0 Å². The predicted octanol–water partition coefficient (Wildman–Crippen LogP) is 1.37. The number of carbonyl (C=O) groups is 2. The van der Waals surface area contributed by atoms with Gasteiger partial charge in [0.1, 0.15) is 5.69 Å². The highest BCUT2D eigenvalue weighted by molar-refractivity contribution is 5.92. The lowest BCUT2D eigenvalue weighted by molar-refractivity contribution is -0.125. The van der Waals surface area contributed by atoms with Crippen molar-refractivity contribution < 1.29 is 9.59 Å². The maximum atomic E-state index is 12.3. The maximum Gasteiger partial charge on any atom is 0.270 e. The molecule has 0 spiro atoms. The molecule has 29 heavy (non-hydrogen) atoms. The Morgan fingerprint density at radius 2 is 1.79 bits per heavy atom. The first-order valence-electron chi connectivity index (χ1n) is 9.74. The molecule has 2 N–H and O–H groups in total. The van der Waals surface area contributed by atoms with Crippen molar-refractivity contribution in [2.75, 3.05) is 13.6 Å². The monoisotopic (exact) mass is 392 g/mol. The second kappa shape index (κ2) is 8.40. The molecule has 2 amide bonds. The molecule has 1 atom stereocenters. The van der Waals surface area contributed by atoms with Crippen LogP contribution in [0.3, 0.4) is 0 Å². The summed E-state index contributed by atoms with van der Waals surface area (Å²) in [5.41, 5.74) is 2.34. The Bertz CT molecular complexity index is 1010. The third-order valence-corrected chi connectivity index (χ3v) is 5.26. The molecular formula is C21H24N6O2. The lowest BCUT2D eigenvalue weighted by Gasteiger charge is -2.18. The summed E-state index contributed by atoms with van der Waals surface area (Å²) in [6, 6.07) is 9.49. The van der Waals surface area contributed by atoms with E-state index in [1.54, 1.807) is 29.1 Å². The van der Waals surface area contributed by atoms with Crippen LogP contribution in [-0.4, -0.2) is 50.7 Å². The highest BCUT2D eigenvalue weighted by atomic mass is 16.2. The summed E-state index contributed by atoms with van der Waals surface area (Å²) in [4.78, 5) is 35.0. The van der Waals surface area contributed by atoms with Crippen molar-refractivity contribution >= 4 is 17.6 Å². The molecule has 0 saturated carbocycles. The highest BCUT2D eigenvalue weighted by Gasteiger charge is 2.27. The zero-order chi connectivity index (χ0) is 20.2. The van der Waals surface area contributed by atoms with Crippen molar-refractivity contribution in [1.29, 1.82) is 0 Å². The van der Waals surface area contributed by atoms with Gasteiger partial charge in [-0.05, 0) is 43.6 Å². The summed E-state index contributed by atoms with van der Waals surface area (Å²) in [5, 5.41) is 5.88. The fraction of sp³-hybridized carbons (Fsp3) is 0.333. The van der Waals surface area contributed by atoms with Gasteiger partial charge in [0, 0.05) is 31.7 Å². The van der Waals surface area contributed by atoms with Crippen LogP contribution in [0.5, 0.6) is 0 Å². The molecule has 1 fully saturated rings. The summed E-state index contributed by atoms with van der Waals surface area (Å²) < 4.78 is 1.75. The molecule has 0 radical (unpaired) electrons. The number of fused-ring (bicyclic) bond motifs is 1. The van der Waals surface area contributed by atoms with E-state index < -0.39 is 0 Å². The lowest BCUT2D eigenvalue weighted by atomic mass is 10.1. The molecule has 150 valence electrons. The molecule has 3 heterocycles. The second-order valence-corrected chi connectivity index (χ2v) is 7.30. The molecule has 1 saturated heterocycles. The Kier molecular flexibility index (Phi) is 5.53. The molecule has 0 aliphatic carbocycles. The van der Waals surface area contributed by atoms with Gasteiger partial charge in [0.25, 0.3) is 5.91 Å². The number of rotatable bonds is 6. The minimum absolute atomic E-state index is 0.0145. The number of hydrogen-bond acceptors (Lipinski definition) is 5. The van der Waals surface area contributed by atoms with Crippen molar-refractivity contribution in [3.63, 3.8) is 0 Å². The maximum absolute atomic E-state index is 12.3. The first-order valence-corrected chi connectivity index (χ1v) is 9.74. The summed E-state index contributed by atoms with van der Waals surface area (Å²) in [7, 11) is 1.99. The smallest absolute Gasteiger partial charge is 0.270 e. The first-order chi connectivity index (χ1) is 14.1. The average molecular weight is 392 g/mol. The van der Waals surface area contributed by atoms with Gasteiger partial charge in [-0.25, -0.2) is 9.97 Å². The van der Waals surface area contributed by atoms with Crippen molar-refractivity contribution in [3.05, 3.63) is 65.7 Å². The second-order valence-electron chi connectivity index (χ2n) is 7.30. The number of nitrogens with one attached hydrogen (secondary N) is 2. The van der Waals surface area contributed by atoms with E-state index in [0.29, 0.717) is 24.6 Å². The van der Waals surface area contributed by atoms with Gasteiger partial charge < -0.3 is 10.6 Å². The number of imidazole rings is 1. The zero-order valence-corrected chi connectivity index (χ0v) is 16.3. The average Bonchev–Trinajstić information content (AvgIpc) is 3.39. The van der Waals surface area contributed by atoms with Crippen LogP contribution in [0.15, 0.2) is 48.9 Å². The Balaban J connectivity index is 1.27. The number of nitrogens with zero attached hydrogens (tertiary/aromatic N) is 4. The summed E-state index contributed by atoms with van der Waals surface area (Å²) in [5.74, 6) is 0.337. The minimum atomic E-state index is -0.243. The van der Waals surface area contributed by atoms with Crippen LogP contribution in [0.4, 0.5) is 0 Å². The van der Waals surface area contributed by atoms with Gasteiger partial charge in [0.2, 0.25) is 11.7 Å². The van der Waals surface area contributed by atoms with Crippen molar-refractivity contribution in [1.82, 2.24) is 29.9 Å². The standard InChI is InChI=1S/C21H24N6O2/c1-26-10-2-3-18(26)20(29)24-14-16-6-4-15(5-7-16)13-23-19(28)17-8-11-27-12-9-22-21(27)25-17/h4-9,11-12,18H,2-3,10,13-14H2,1H3,(H,23,28)(H,24,29)/t18-/m1/s1. The van der Waals surface area contributed by atoms with Crippen LogP contribution in [0.25, 0.3) is 5.78 Å². The third kappa shape index (κ3) is 4.43. The van der Waals surface area contributed by atoms with E-state index in [2.05, 4.69) is 25.5 Å². The van der Waals surface area contributed by atoms with Gasteiger partial charge in [-0.1, -0.05) is 24.3 Å². The SMILES string of the molecule is CN1CCC[C@@H]1C(=O)NCc1ccc(CNC(=O)c2ccn3ccnc3n2)cc1. The molecule has 0 bridgehead atoms. The van der Waals surface area contributed by atoms with E-state index in [1.807, 2.05) is 31.3 Å². The third-order valence-electron chi connectivity index (χ3n) is 5.26. The Morgan fingerprint density at radius 3 is 2.48 bits per heavy atom. The summed E-state index contributed by atoms with van der Waals surface area (Å²) in [6.45, 7) is 1.88. The fourth-order valence-corrected chi connectivity index (χ4v) is 3.53. The Hall–Kier alpha value is -3.26. The summed E-state index contributed by atoms with van der Waals surface area (Å²) in [6.07, 6.45) is 7.17. The van der Waals surface area contributed by atoms with Gasteiger partial charge in [-0.3, -0.25) is 18.9 Å². The van der Waals surface area contributed by atoms with Crippen LogP contribution in [-0.2, 0) is 17.9 Å². The molecule has 3 aromatic rings. The van der Waals surface area contributed by atoms with Crippen LogP contribution in [0.1, 0.15) is 34.5 Å². The number of carbonyl (C=O) groups excluding carboxylic acids is 2. The number of benzene rings is 1. The first kappa shape index (κ1) is 19.1. The van der Waals surface area contributed by atoms with Gasteiger partial charge in [0.05, 0.1) is 6.04 Å². The van der Waals surface area contributed by atoms with Gasteiger partial charge in [0.15, 0.2) is 0 Å². The molecule has 1 aliphatic heterocycles. The molecule has 4 rings (SSSR count). The van der Waals surface area contributed by atoms with E-state index in [0.717, 1.165) is 30.5 Å². The highest BCUT2D eigenvalue weighted by Crippen LogP contribution is 2.15. The topological polar surface area (TPSA) is 91.6 Å². The van der Waals surface area contributed by atoms with E-state index >= 15 is 0 Å².